The van der Waals surface area contributed by atoms with Crippen molar-refractivity contribution in [2.24, 2.45) is 5.92 Å². The SMILES string of the molecule is CCC1CCCN(c2cccc(CNC3CC3)n2)CC1. The predicted molar refractivity (Wildman–Crippen MR) is 83.9 cm³/mol. The van der Waals surface area contributed by atoms with E-state index in [0.29, 0.717) is 0 Å². The fraction of sp³-hybridized carbons (Fsp3) is 0.706. The molecular weight excluding hydrogens is 246 g/mol. The van der Waals surface area contributed by atoms with Crippen LogP contribution in [0.25, 0.3) is 0 Å². The number of hydrogen-bond donors (Lipinski definition) is 1. The molecule has 1 aliphatic heterocycles. The Balaban J connectivity index is 1.61. The van der Waals surface area contributed by atoms with Gasteiger partial charge in [-0.25, -0.2) is 4.98 Å². The Labute approximate surface area is 122 Å². The normalized spacial score (nSPS) is 23.6. The molecule has 1 N–H and O–H groups in total. The highest BCUT2D eigenvalue weighted by atomic mass is 15.2. The maximum atomic E-state index is 4.85. The van der Waals surface area contributed by atoms with Crippen molar-refractivity contribution in [3.05, 3.63) is 23.9 Å². The lowest BCUT2D eigenvalue weighted by atomic mass is 9.98. The van der Waals surface area contributed by atoms with E-state index in [1.807, 2.05) is 0 Å². The van der Waals surface area contributed by atoms with Crippen LogP contribution < -0.4 is 10.2 Å². The van der Waals surface area contributed by atoms with Crippen molar-refractivity contribution in [3.63, 3.8) is 0 Å². The van der Waals surface area contributed by atoms with Gasteiger partial charge >= 0.3 is 0 Å². The first-order chi connectivity index (χ1) is 9.85. The summed E-state index contributed by atoms with van der Waals surface area (Å²) in [5.41, 5.74) is 1.19. The van der Waals surface area contributed by atoms with Crippen LogP contribution in [0.5, 0.6) is 0 Å². The largest absolute Gasteiger partial charge is 0.357 e. The number of anilines is 1. The summed E-state index contributed by atoms with van der Waals surface area (Å²) >= 11 is 0. The molecule has 1 atom stereocenters. The molecule has 3 nitrogen and oxygen atoms in total. The summed E-state index contributed by atoms with van der Waals surface area (Å²) in [4.78, 5) is 7.33. The third kappa shape index (κ3) is 3.72. The van der Waals surface area contributed by atoms with E-state index < -0.39 is 0 Å². The second-order valence-corrected chi connectivity index (χ2v) is 6.33. The van der Waals surface area contributed by atoms with Crippen LogP contribution in [0, 0.1) is 5.92 Å². The molecule has 0 aromatic carbocycles. The highest BCUT2D eigenvalue weighted by Gasteiger charge is 2.20. The predicted octanol–water partition coefficient (Wildman–Crippen LogP) is 3.35. The molecule has 0 amide bonds. The van der Waals surface area contributed by atoms with E-state index in [1.54, 1.807) is 0 Å². The van der Waals surface area contributed by atoms with Crippen LogP contribution in [0.2, 0.25) is 0 Å². The summed E-state index contributed by atoms with van der Waals surface area (Å²) in [5, 5.41) is 3.55. The van der Waals surface area contributed by atoms with E-state index >= 15 is 0 Å². The lowest BCUT2D eigenvalue weighted by Crippen LogP contribution is -2.26. The van der Waals surface area contributed by atoms with Crippen molar-refractivity contribution in [1.82, 2.24) is 10.3 Å². The summed E-state index contributed by atoms with van der Waals surface area (Å²) in [7, 11) is 0. The maximum Gasteiger partial charge on any atom is 0.128 e. The monoisotopic (exact) mass is 273 g/mol. The number of hydrogen-bond acceptors (Lipinski definition) is 3. The highest BCUT2D eigenvalue weighted by Crippen LogP contribution is 2.24. The van der Waals surface area contributed by atoms with Gasteiger partial charge in [-0.2, -0.15) is 0 Å². The molecule has 1 aromatic rings. The minimum Gasteiger partial charge on any atom is -0.357 e. The maximum absolute atomic E-state index is 4.85. The lowest BCUT2D eigenvalue weighted by molar-refractivity contribution is 0.459. The van der Waals surface area contributed by atoms with Gasteiger partial charge in [0.25, 0.3) is 0 Å². The zero-order valence-corrected chi connectivity index (χ0v) is 12.6. The van der Waals surface area contributed by atoms with Crippen LogP contribution in [0.4, 0.5) is 5.82 Å². The molecule has 1 saturated heterocycles. The molecule has 2 fully saturated rings. The van der Waals surface area contributed by atoms with Gasteiger partial charge in [0.15, 0.2) is 0 Å². The number of aromatic nitrogens is 1. The molecule has 1 aromatic heterocycles. The van der Waals surface area contributed by atoms with E-state index in [9.17, 15) is 0 Å². The minimum atomic E-state index is 0.754. The first-order valence-corrected chi connectivity index (χ1v) is 8.29. The standard InChI is InChI=1S/C17H27N3/c1-2-14-5-4-11-20(12-10-14)17-7-3-6-16(19-17)13-18-15-8-9-15/h3,6-7,14-15,18H,2,4-5,8-13H2,1H3. The Bertz CT molecular complexity index is 428. The Morgan fingerprint density at radius 3 is 2.90 bits per heavy atom. The highest BCUT2D eigenvalue weighted by molar-refractivity contribution is 5.39. The number of nitrogens with zero attached hydrogens (tertiary/aromatic N) is 2. The third-order valence-electron chi connectivity index (χ3n) is 4.69. The molecule has 20 heavy (non-hydrogen) atoms. The summed E-state index contributed by atoms with van der Waals surface area (Å²) < 4.78 is 0. The zero-order valence-electron chi connectivity index (χ0n) is 12.6. The van der Waals surface area contributed by atoms with E-state index in [0.717, 1.165) is 18.5 Å². The van der Waals surface area contributed by atoms with Crippen LogP contribution in [-0.4, -0.2) is 24.1 Å². The Kier molecular flexibility index (Phi) is 4.56. The first-order valence-electron chi connectivity index (χ1n) is 8.29. The molecule has 3 heteroatoms. The van der Waals surface area contributed by atoms with E-state index in [2.05, 4.69) is 35.3 Å². The molecule has 1 unspecified atom stereocenters. The van der Waals surface area contributed by atoms with Gasteiger partial charge in [0.1, 0.15) is 5.82 Å². The molecule has 2 aliphatic rings. The molecule has 0 spiro atoms. The molecule has 0 bridgehead atoms. The average Bonchev–Trinajstić information content (AvgIpc) is 3.32. The number of rotatable bonds is 5. The number of nitrogens with one attached hydrogen (secondary N) is 1. The lowest BCUT2D eigenvalue weighted by Gasteiger charge is -2.22. The minimum absolute atomic E-state index is 0.754. The molecular formula is C17H27N3. The van der Waals surface area contributed by atoms with Crippen molar-refractivity contribution >= 4 is 5.82 Å². The van der Waals surface area contributed by atoms with Gasteiger partial charge in [0.2, 0.25) is 0 Å². The smallest absolute Gasteiger partial charge is 0.128 e. The van der Waals surface area contributed by atoms with Gasteiger partial charge in [-0.3, -0.25) is 0 Å². The quantitative estimate of drug-likeness (QED) is 0.891. The summed E-state index contributed by atoms with van der Waals surface area (Å²) in [6.45, 7) is 5.58. The summed E-state index contributed by atoms with van der Waals surface area (Å²) in [5.74, 6) is 2.09. The zero-order chi connectivity index (χ0) is 13.8. The van der Waals surface area contributed by atoms with E-state index in [-0.39, 0.29) is 0 Å². The van der Waals surface area contributed by atoms with Crippen molar-refractivity contribution in [1.29, 1.82) is 0 Å². The van der Waals surface area contributed by atoms with Crippen LogP contribution >= 0.6 is 0 Å². The summed E-state index contributed by atoms with van der Waals surface area (Å²) in [6.07, 6.45) is 8.02. The van der Waals surface area contributed by atoms with Crippen LogP contribution in [0.1, 0.15) is 51.1 Å². The molecule has 1 saturated carbocycles. The molecule has 0 radical (unpaired) electrons. The van der Waals surface area contributed by atoms with Crippen LogP contribution in [-0.2, 0) is 6.54 Å². The van der Waals surface area contributed by atoms with Crippen molar-refractivity contribution < 1.29 is 0 Å². The van der Waals surface area contributed by atoms with E-state index in [4.69, 9.17) is 4.98 Å². The van der Waals surface area contributed by atoms with Gasteiger partial charge in [-0.05, 0) is 50.2 Å². The first kappa shape index (κ1) is 13.9. The van der Waals surface area contributed by atoms with Crippen molar-refractivity contribution in [2.75, 3.05) is 18.0 Å². The Morgan fingerprint density at radius 1 is 1.20 bits per heavy atom. The molecule has 3 rings (SSSR count). The van der Waals surface area contributed by atoms with E-state index in [1.165, 1.54) is 63.1 Å². The number of pyridine rings is 1. The second-order valence-electron chi connectivity index (χ2n) is 6.33. The van der Waals surface area contributed by atoms with Crippen LogP contribution in [0.15, 0.2) is 18.2 Å². The van der Waals surface area contributed by atoms with Gasteiger partial charge < -0.3 is 10.2 Å². The second kappa shape index (κ2) is 6.57. The topological polar surface area (TPSA) is 28.2 Å². The van der Waals surface area contributed by atoms with Crippen LogP contribution in [0.3, 0.4) is 0 Å². The van der Waals surface area contributed by atoms with Gasteiger partial charge in [-0.1, -0.05) is 19.4 Å². The Hall–Kier alpha value is -1.09. The summed E-state index contributed by atoms with van der Waals surface area (Å²) in [6, 6.07) is 7.23. The van der Waals surface area contributed by atoms with Crippen molar-refractivity contribution in [3.8, 4) is 0 Å². The fourth-order valence-corrected chi connectivity index (χ4v) is 3.08. The molecule has 2 heterocycles. The average molecular weight is 273 g/mol. The molecule has 1 aliphatic carbocycles. The molecule has 110 valence electrons. The van der Waals surface area contributed by atoms with Gasteiger partial charge in [0.05, 0.1) is 5.69 Å². The van der Waals surface area contributed by atoms with Gasteiger partial charge in [0, 0.05) is 25.7 Å². The Morgan fingerprint density at radius 2 is 2.10 bits per heavy atom. The third-order valence-corrected chi connectivity index (χ3v) is 4.69. The van der Waals surface area contributed by atoms with Crippen molar-refractivity contribution in [2.45, 2.75) is 58.0 Å². The fourth-order valence-electron chi connectivity index (χ4n) is 3.08. The van der Waals surface area contributed by atoms with Gasteiger partial charge in [-0.15, -0.1) is 0 Å².